The van der Waals surface area contributed by atoms with Crippen LogP contribution in [0.1, 0.15) is 56.1 Å². The molecular formula is C19H23N5O. The van der Waals surface area contributed by atoms with E-state index in [9.17, 15) is 4.79 Å². The second kappa shape index (κ2) is 5.07. The first-order valence-corrected chi connectivity index (χ1v) is 9.15. The molecule has 3 aliphatic rings. The van der Waals surface area contributed by atoms with Crippen molar-refractivity contribution in [3.8, 4) is 11.3 Å². The molecule has 1 aliphatic heterocycles. The van der Waals surface area contributed by atoms with E-state index >= 15 is 0 Å². The molecule has 3 heterocycles. The maximum Gasteiger partial charge on any atom is 0.228 e. The molecule has 5 rings (SSSR count). The molecule has 2 aromatic heterocycles. The fraction of sp³-hybridized carbons (Fsp3) is 0.526. The second-order valence-electron chi connectivity index (χ2n) is 7.64. The standard InChI is InChI=1S/C19H23N5O/c1-10-15-14(21-18(24(15)3)11-4-5-11)13-8-9-20-17(16(13)23(10)2)22-19(25)12-6-7-12/h8-12H,4-7H2,1-3H3,(H,20,22,25). The van der Waals surface area contributed by atoms with Gasteiger partial charge in [-0.2, -0.15) is 0 Å². The first-order valence-electron chi connectivity index (χ1n) is 9.15. The van der Waals surface area contributed by atoms with E-state index in [-0.39, 0.29) is 17.9 Å². The minimum Gasteiger partial charge on any atom is -0.363 e. The van der Waals surface area contributed by atoms with Gasteiger partial charge in [-0.1, -0.05) is 0 Å². The number of carbonyl (C=O) groups excluding carboxylic acids is 1. The van der Waals surface area contributed by atoms with E-state index < -0.39 is 0 Å². The molecule has 6 heteroatoms. The van der Waals surface area contributed by atoms with Crippen molar-refractivity contribution in [2.75, 3.05) is 17.3 Å². The van der Waals surface area contributed by atoms with Crippen molar-refractivity contribution < 1.29 is 4.79 Å². The minimum absolute atomic E-state index is 0.0902. The Morgan fingerprint density at radius 2 is 2.00 bits per heavy atom. The third kappa shape index (κ3) is 2.19. The number of imidazole rings is 1. The number of amides is 1. The topological polar surface area (TPSA) is 63.1 Å². The van der Waals surface area contributed by atoms with E-state index in [1.165, 1.54) is 24.4 Å². The van der Waals surface area contributed by atoms with E-state index in [4.69, 9.17) is 4.98 Å². The molecular weight excluding hydrogens is 314 g/mol. The highest BCUT2D eigenvalue weighted by Gasteiger charge is 2.38. The monoisotopic (exact) mass is 337 g/mol. The number of nitrogens with zero attached hydrogens (tertiary/aromatic N) is 4. The van der Waals surface area contributed by atoms with Crippen LogP contribution in [0.4, 0.5) is 11.5 Å². The van der Waals surface area contributed by atoms with Crippen molar-refractivity contribution in [2.24, 2.45) is 13.0 Å². The summed E-state index contributed by atoms with van der Waals surface area (Å²) in [5, 5.41) is 3.04. The number of nitrogens with one attached hydrogen (secondary N) is 1. The van der Waals surface area contributed by atoms with Crippen LogP contribution in [0, 0.1) is 5.92 Å². The number of hydrogen-bond acceptors (Lipinski definition) is 4. The Morgan fingerprint density at radius 3 is 2.68 bits per heavy atom. The van der Waals surface area contributed by atoms with Gasteiger partial charge in [0, 0.05) is 37.7 Å². The van der Waals surface area contributed by atoms with Crippen molar-refractivity contribution in [3.63, 3.8) is 0 Å². The van der Waals surface area contributed by atoms with Crippen molar-refractivity contribution in [1.29, 1.82) is 0 Å². The molecule has 2 saturated carbocycles. The van der Waals surface area contributed by atoms with Crippen LogP contribution in [0.3, 0.4) is 0 Å². The van der Waals surface area contributed by atoms with Crippen molar-refractivity contribution in [2.45, 2.75) is 44.6 Å². The zero-order chi connectivity index (χ0) is 17.3. The first kappa shape index (κ1) is 14.9. The Balaban J connectivity index is 1.64. The van der Waals surface area contributed by atoms with Gasteiger partial charge in [-0.25, -0.2) is 9.97 Å². The van der Waals surface area contributed by atoms with Crippen molar-refractivity contribution in [3.05, 3.63) is 23.8 Å². The van der Waals surface area contributed by atoms with Crippen LogP contribution in [0.2, 0.25) is 0 Å². The predicted molar refractivity (Wildman–Crippen MR) is 96.6 cm³/mol. The van der Waals surface area contributed by atoms with Gasteiger partial charge in [0.2, 0.25) is 5.91 Å². The van der Waals surface area contributed by atoms with Gasteiger partial charge in [0.25, 0.3) is 0 Å². The van der Waals surface area contributed by atoms with Crippen LogP contribution < -0.4 is 10.2 Å². The molecule has 2 aromatic rings. The van der Waals surface area contributed by atoms with Gasteiger partial charge in [-0.3, -0.25) is 4.79 Å². The summed E-state index contributed by atoms with van der Waals surface area (Å²) in [7, 11) is 4.20. The molecule has 2 aliphatic carbocycles. The molecule has 0 spiro atoms. The van der Waals surface area contributed by atoms with E-state index in [0.717, 1.165) is 29.8 Å². The second-order valence-corrected chi connectivity index (χ2v) is 7.64. The fourth-order valence-corrected chi connectivity index (χ4v) is 3.95. The highest BCUT2D eigenvalue weighted by atomic mass is 16.2. The lowest BCUT2D eigenvalue weighted by atomic mass is 9.98. The highest BCUT2D eigenvalue weighted by Crippen LogP contribution is 2.49. The molecule has 130 valence electrons. The lowest BCUT2D eigenvalue weighted by Crippen LogP contribution is -2.29. The summed E-state index contributed by atoms with van der Waals surface area (Å²) in [4.78, 5) is 23.9. The largest absolute Gasteiger partial charge is 0.363 e. The summed E-state index contributed by atoms with van der Waals surface area (Å²) < 4.78 is 2.28. The summed E-state index contributed by atoms with van der Waals surface area (Å²) in [6.45, 7) is 2.19. The molecule has 1 atom stereocenters. The third-order valence-corrected chi connectivity index (χ3v) is 5.81. The Bertz CT molecular complexity index is 878. The van der Waals surface area contributed by atoms with Gasteiger partial charge in [-0.05, 0) is 38.7 Å². The third-order valence-electron chi connectivity index (χ3n) is 5.81. The van der Waals surface area contributed by atoms with E-state index in [1.807, 2.05) is 6.07 Å². The maximum absolute atomic E-state index is 12.3. The van der Waals surface area contributed by atoms with Gasteiger partial charge in [0.1, 0.15) is 5.82 Å². The number of aromatic nitrogens is 3. The van der Waals surface area contributed by atoms with Gasteiger partial charge in [-0.15, -0.1) is 0 Å². The highest BCUT2D eigenvalue weighted by molar-refractivity contribution is 5.99. The van der Waals surface area contributed by atoms with Crippen LogP contribution in [0.15, 0.2) is 12.3 Å². The van der Waals surface area contributed by atoms with Gasteiger partial charge in [0.05, 0.1) is 23.1 Å². The number of rotatable bonds is 3. The molecule has 0 aromatic carbocycles. The maximum atomic E-state index is 12.3. The van der Waals surface area contributed by atoms with Crippen molar-refractivity contribution in [1.82, 2.24) is 14.5 Å². The Hall–Kier alpha value is -2.37. The number of pyridine rings is 1. The molecule has 1 N–H and O–H groups in total. The van der Waals surface area contributed by atoms with E-state index in [2.05, 4.69) is 40.8 Å². The number of hydrogen-bond donors (Lipinski definition) is 1. The van der Waals surface area contributed by atoms with E-state index in [0.29, 0.717) is 11.7 Å². The molecule has 25 heavy (non-hydrogen) atoms. The van der Waals surface area contributed by atoms with Crippen LogP contribution in [-0.2, 0) is 11.8 Å². The normalized spacial score (nSPS) is 21.7. The number of anilines is 2. The number of fused-ring (bicyclic) bond motifs is 3. The lowest BCUT2D eigenvalue weighted by Gasteiger charge is -2.35. The van der Waals surface area contributed by atoms with Crippen LogP contribution in [0.5, 0.6) is 0 Å². The predicted octanol–water partition coefficient (Wildman–Crippen LogP) is 3.22. The van der Waals surface area contributed by atoms with Crippen LogP contribution >= 0.6 is 0 Å². The Labute approximate surface area is 147 Å². The van der Waals surface area contributed by atoms with Crippen LogP contribution in [-0.4, -0.2) is 27.5 Å². The summed E-state index contributed by atoms with van der Waals surface area (Å²) >= 11 is 0. The molecule has 2 fully saturated rings. The number of carbonyl (C=O) groups is 1. The summed E-state index contributed by atoms with van der Waals surface area (Å²) in [6, 6.07) is 2.21. The quantitative estimate of drug-likeness (QED) is 0.934. The average Bonchev–Trinajstić information content (AvgIpc) is 3.50. The minimum atomic E-state index is 0.0902. The van der Waals surface area contributed by atoms with Gasteiger partial charge in [0.15, 0.2) is 5.82 Å². The van der Waals surface area contributed by atoms with Gasteiger partial charge < -0.3 is 14.8 Å². The van der Waals surface area contributed by atoms with E-state index in [1.54, 1.807) is 6.20 Å². The zero-order valence-corrected chi connectivity index (χ0v) is 14.9. The average molecular weight is 337 g/mol. The van der Waals surface area contributed by atoms with Crippen LogP contribution in [0.25, 0.3) is 11.3 Å². The Kier molecular flexibility index (Phi) is 3.03. The molecule has 1 unspecified atom stereocenters. The SMILES string of the molecule is CC1c2c(nc(C3CC3)n2C)-c2ccnc(NC(=O)C3CC3)c2N1C. The Morgan fingerprint density at radius 1 is 1.24 bits per heavy atom. The van der Waals surface area contributed by atoms with Gasteiger partial charge >= 0.3 is 0 Å². The smallest absolute Gasteiger partial charge is 0.228 e. The molecule has 1 amide bonds. The molecule has 6 nitrogen and oxygen atoms in total. The lowest BCUT2D eigenvalue weighted by molar-refractivity contribution is -0.117. The summed E-state index contributed by atoms with van der Waals surface area (Å²) in [5.74, 6) is 2.71. The zero-order valence-electron chi connectivity index (χ0n) is 14.9. The fourth-order valence-electron chi connectivity index (χ4n) is 3.95. The molecule has 0 radical (unpaired) electrons. The molecule has 0 saturated heterocycles. The summed E-state index contributed by atoms with van der Waals surface area (Å²) in [6.07, 6.45) is 6.23. The molecule has 0 bridgehead atoms. The first-order chi connectivity index (χ1) is 12.1. The van der Waals surface area contributed by atoms with Crippen molar-refractivity contribution >= 4 is 17.4 Å². The summed E-state index contributed by atoms with van der Waals surface area (Å²) in [5.41, 5.74) is 4.35.